The van der Waals surface area contributed by atoms with Crippen molar-refractivity contribution in [2.24, 2.45) is 0 Å². The van der Waals surface area contributed by atoms with E-state index in [1.54, 1.807) is 0 Å². The third kappa shape index (κ3) is 5.94. The van der Waals surface area contributed by atoms with Crippen LogP contribution in [0.4, 0.5) is 0 Å². The lowest BCUT2D eigenvalue weighted by Crippen LogP contribution is -2.75. The summed E-state index contributed by atoms with van der Waals surface area (Å²) in [6, 6.07) is 102. The number of hydrogen-bond donors (Lipinski definition) is 0. The number of aromatic nitrogens is 3. The monoisotopic (exact) mass is 907 g/mol. The van der Waals surface area contributed by atoms with E-state index in [0.717, 1.165) is 11.4 Å². The van der Waals surface area contributed by atoms with Crippen LogP contribution in [-0.2, 0) is 0 Å². The molecule has 14 aromatic rings. The second-order valence-electron chi connectivity index (χ2n) is 18.4. The Bertz CT molecular complexity index is 4110. The normalized spacial score (nSPS) is 12.0. The molecule has 11 aromatic carbocycles. The fraction of sp³-hybridized carbons (Fsp3) is 0. The maximum absolute atomic E-state index is 3.11. The van der Waals surface area contributed by atoms with Crippen LogP contribution >= 0.6 is 0 Å². The molecule has 0 aliphatic carbocycles. The summed E-state index contributed by atoms with van der Waals surface area (Å²) in [5.74, 6) is 0. The summed E-state index contributed by atoms with van der Waals surface area (Å²) in [5, 5.41) is 12.7. The number of rotatable bonds is 8. The lowest BCUT2D eigenvalue weighted by molar-refractivity contribution is 1.16. The van der Waals surface area contributed by atoms with Crippen LogP contribution in [0.1, 0.15) is 0 Å². The van der Waals surface area contributed by atoms with Crippen LogP contribution in [0.2, 0.25) is 0 Å². The molecule has 3 aromatic heterocycles. The van der Waals surface area contributed by atoms with Gasteiger partial charge in [0.15, 0.2) is 8.07 Å². The van der Waals surface area contributed by atoms with E-state index >= 15 is 0 Å². The van der Waals surface area contributed by atoms with Crippen molar-refractivity contribution in [2.75, 3.05) is 0 Å². The van der Waals surface area contributed by atoms with Gasteiger partial charge in [-0.2, -0.15) is 0 Å². The Morgan fingerprint density at radius 1 is 0.257 bits per heavy atom. The summed E-state index contributed by atoms with van der Waals surface area (Å²) in [4.78, 5) is 0. The van der Waals surface area contributed by atoms with Gasteiger partial charge in [-0.25, -0.2) is 0 Å². The molecule has 0 unspecified atom stereocenters. The van der Waals surface area contributed by atoms with E-state index in [1.165, 1.54) is 103 Å². The zero-order valence-corrected chi connectivity index (χ0v) is 39.3. The Morgan fingerprint density at radius 3 is 1.20 bits per heavy atom. The Morgan fingerprint density at radius 2 is 0.657 bits per heavy atom. The van der Waals surface area contributed by atoms with Gasteiger partial charge >= 0.3 is 0 Å². The first-order valence-corrected chi connectivity index (χ1v) is 26.2. The minimum absolute atomic E-state index is 1.12. The highest BCUT2D eigenvalue weighted by Crippen LogP contribution is 2.42. The summed E-state index contributed by atoms with van der Waals surface area (Å²) < 4.78 is 7.55. The van der Waals surface area contributed by atoms with Gasteiger partial charge in [-0.05, 0) is 92.5 Å². The largest absolute Gasteiger partial charge is 0.309 e. The predicted molar refractivity (Wildman–Crippen MR) is 299 cm³/mol. The van der Waals surface area contributed by atoms with Crippen LogP contribution in [-0.4, -0.2) is 21.8 Å². The number of fused-ring (bicyclic) bond motifs is 9. The van der Waals surface area contributed by atoms with Gasteiger partial charge in [0.05, 0.1) is 38.8 Å². The summed E-state index contributed by atoms with van der Waals surface area (Å²) in [6.07, 6.45) is 0. The SMILES string of the molecule is c1ccc(-c2ccc(-n3c4ccccc4c4cc(-n5c6ccccc6c6c(-n7c8ccccc8c8ccccc87)ccc([Si](c7ccccc7)(c7ccccc7)c7ccccc7)c65)ccc43)cc2)cc1. The van der Waals surface area contributed by atoms with Crippen molar-refractivity contribution < 1.29 is 0 Å². The van der Waals surface area contributed by atoms with Crippen molar-refractivity contribution >= 4 is 94.2 Å². The molecule has 0 fully saturated rings. The van der Waals surface area contributed by atoms with Crippen LogP contribution in [0.15, 0.2) is 273 Å². The maximum atomic E-state index is 2.61. The molecule has 0 amide bonds. The van der Waals surface area contributed by atoms with Crippen molar-refractivity contribution in [2.45, 2.75) is 0 Å². The number of benzene rings is 11. The van der Waals surface area contributed by atoms with E-state index < -0.39 is 8.07 Å². The van der Waals surface area contributed by atoms with Gasteiger partial charge in [-0.1, -0.05) is 212 Å². The quantitative estimate of drug-likeness (QED) is 0.107. The zero-order valence-electron chi connectivity index (χ0n) is 38.3. The van der Waals surface area contributed by atoms with Gasteiger partial charge in [0.2, 0.25) is 0 Å². The molecule has 14 rings (SSSR count). The molecular formula is C66H45N3Si. The molecule has 0 aliphatic heterocycles. The van der Waals surface area contributed by atoms with Crippen LogP contribution in [0.3, 0.4) is 0 Å². The smallest absolute Gasteiger partial charge is 0.181 e. The van der Waals surface area contributed by atoms with E-state index in [0.29, 0.717) is 0 Å². The van der Waals surface area contributed by atoms with E-state index in [2.05, 4.69) is 287 Å². The Kier molecular flexibility index (Phi) is 9.23. The average molecular weight is 908 g/mol. The molecular weight excluding hydrogens is 863 g/mol. The Labute approximate surface area is 407 Å². The molecule has 0 N–H and O–H groups in total. The third-order valence-electron chi connectivity index (χ3n) is 14.8. The molecule has 4 heteroatoms. The molecule has 3 heterocycles. The van der Waals surface area contributed by atoms with Crippen molar-refractivity contribution in [3.8, 4) is 28.2 Å². The molecule has 0 bridgehead atoms. The summed E-state index contributed by atoms with van der Waals surface area (Å²) in [7, 11) is -3.11. The van der Waals surface area contributed by atoms with Crippen molar-refractivity contribution in [1.82, 2.24) is 13.7 Å². The molecule has 328 valence electrons. The molecule has 0 spiro atoms. The highest BCUT2D eigenvalue weighted by molar-refractivity contribution is 7.20. The van der Waals surface area contributed by atoms with Crippen LogP contribution in [0, 0.1) is 0 Å². The first kappa shape index (κ1) is 40.1. The molecule has 0 saturated carbocycles. The number of para-hydroxylation sites is 4. The Balaban J connectivity index is 1.13. The summed E-state index contributed by atoms with van der Waals surface area (Å²) in [5.41, 5.74) is 13.0. The molecule has 0 aliphatic rings. The van der Waals surface area contributed by atoms with E-state index in [-0.39, 0.29) is 0 Å². The molecule has 0 saturated heterocycles. The number of hydrogen-bond acceptors (Lipinski definition) is 0. The lowest BCUT2D eigenvalue weighted by atomic mass is 10.1. The van der Waals surface area contributed by atoms with Crippen LogP contribution in [0.25, 0.3) is 93.6 Å². The standard InChI is InChI=1S/C66H45N3Si/c1-5-21-46(22-6-1)47-37-39-48(40-38-47)67-58-33-17-15-31-55(58)57-45-49(41-42-62(57)67)68-61-36-20-16-32-56(61)65-63(69-59-34-18-13-29-53(59)54-30-14-19-35-60(54)69)43-44-64(66(65)68)70(50-23-7-2-8-24-50,51-25-9-3-10-26-51)52-27-11-4-12-28-52/h1-45H. The van der Waals surface area contributed by atoms with Gasteiger partial charge in [0.1, 0.15) is 0 Å². The van der Waals surface area contributed by atoms with Gasteiger partial charge in [0, 0.05) is 43.7 Å². The predicted octanol–water partition coefficient (Wildman–Crippen LogP) is 14.0. The molecule has 0 atom stereocenters. The van der Waals surface area contributed by atoms with Crippen molar-refractivity contribution in [1.29, 1.82) is 0 Å². The maximum Gasteiger partial charge on any atom is 0.181 e. The van der Waals surface area contributed by atoms with Gasteiger partial charge in [-0.15, -0.1) is 0 Å². The van der Waals surface area contributed by atoms with E-state index in [4.69, 9.17) is 0 Å². The van der Waals surface area contributed by atoms with Crippen LogP contribution < -0.4 is 20.7 Å². The highest BCUT2D eigenvalue weighted by atomic mass is 28.3. The average Bonchev–Trinajstić information content (AvgIpc) is 4.09. The van der Waals surface area contributed by atoms with Crippen molar-refractivity contribution in [3.63, 3.8) is 0 Å². The minimum atomic E-state index is -3.11. The molecule has 0 radical (unpaired) electrons. The number of nitrogens with zero attached hydrogens (tertiary/aromatic N) is 3. The van der Waals surface area contributed by atoms with E-state index in [9.17, 15) is 0 Å². The van der Waals surface area contributed by atoms with Gasteiger partial charge in [-0.3, -0.25) is 0 Å². The minimum Gasteiger partial charge on any atom is -0.309 e. The van der Waals surface area contributed by atoms with E-state index in [1.807, 2.05) is 0 Å². The highest BCUT2D eigenvalue weighted by Gasteiger charge is 2.44. The van der Waals surface area contributed by atoms with Gasteiger partial charge in [0.25, 0.3) is 0 Å². The summed E-state index contributed by atoms with van der Waals surface area (Å²) >= 11 is 0. The first-order valence-electron chi connectivity index (χ1n) is 24.2. The third-order valence-corrected chi connectivity index (χ3v) is 19.6. The first-order chi connectivity index (χ1) is 34.8. The fourth-order valence-corrected chi connectivity index (χ4v) is 16.8. The Hall–Kier alpha value is -8.96. The molecule has 3 nitrogen and oxygen atoms in total. The second kappa shape index (κ2) is 16.1. The zero-order chi connectivity index (χ0) is 46.2. The van der Waals surface area contributed by atoms with Gasteiger partial charge < -0.3 is 13.7 Å². The van der Waals surface area contributed by atoms with Crippen molar-refractivity contribution in [3.05, 3.63) is 273 Å². The fourth-order valence-electron chi connectivity index (χ4n) is 11.9. The van der Waals surface area contributed by atoms with Crippen LogP contribution in [0.5, 0.6) is 0 Å². The lowest BCUT2D eigenvalue weighted by Gasteiger charge is -2.35. The molecule has 70 heavy (non-hydrogen) atoms. The summed E-state index contributed by atoms with van der Waals surface area (Å²) in [6.45, 7) is 0. The second-order valence-corrected chi connectivity index (χ2v) is 22.2. The topological polar surface area (TPSA) is 14.8 Å².